The van der Waals surface area contributed by atoms with Crippen LogP contribution in [0.25, 0.3) is 0 Å². The number of hydrogen-bond acceptors (Lipinski definition) is 5. The largest absolute Gasteiger partial charge is 0.345 e. The number of fused-ring (bicyclic) bond motifs is 2. The monoisotopic (exact) mass is 476 g/mol. The van der Waals surface area contributed by atoms with E-state index >= 15 is 0 Å². The van der Waals surface area contributed by atoms with Crippen LogP contribution in [0.3, 0.4) is 0 Å². The zero-order chi connectivity index (χ0) is 25.5. The van der Waals surface area contributed by atoms with Gasteiger partial charge in [-0.2, -0.15) is 5.10 Å². The number of aromatic nitrogens is 3. The number of carbonyl (C=O) groups is 2. The summed E-state index contributed by atoms with van der Waals surface area (Å²) in [6, 6.07) is 11.2. The molecule has 1 aromatic heterocycles. The van der Waals surface area contributed by atoms with Crippen LogP contribution >= 0.6 is 0 Å². The minimum absolute atomic E-state index is 0.0839. The summed E-state index contributed by atoms with van der Waals surface area (Å²) in [5.41, 5.74) is 10.2. The Labute approximate surface area is 204 Å². The van der Waals surface area contributed by atoms with E-state index in [0.717, 1.165) is 22.3 Å². The third kappa shape index (κ3) is 4.27. The first-order valence-electron chi connectivity index (χ1n) is 11.7. The van der Waals surface area contributed by atoms with E-state index < -0.39 is 11.1 Å². The van der Waals surface area contributed by atoms with Gasteiger partial charge in [-0.3, -0.25) is 14.6 Å². The van der Waals surface area contributed by atoms with Crippen LogP contribution < -0.4 is 11.4 Å². The highest BCUT2D eigenvalue weighted by atomic mass is 16.2. The van der Waals surface area contributed by atoms with Crippen molar-refractivity contribution in [1.29, 1.82) is 0 Å². The van der Waals surface area contributed by atoms with E-state index in [9.17, 15) is 14.4 Å². The molecule has 184 valence electrons. The first-order chi connectivity index (χ1) is 16.5. The quantitative estimate of drug-likeness (QED) is 0.516. The molecule has 1 heterocycles. The molecule has 0 fully saturated rings. The van der Waals surface area contributed by atoms with Crippen molar-refractivity contribution in [3.8, 4) is 0 Å². The van der Waals surface area contributed by atoms with Gasteiger partial charge in [0.25, 0.3) is 11.8 Å². The summed E-state index contributed by atoms with van der Waals surface area (Å²) in [5.74, 6) is 0.293. The molecule has 1 aliphatic rings. The highest BCUT2D eigenvalue weighted by molar-refractivity contribution is 5.95. The zero-order valence-electron chi connectivity index (χ0n) is 20.8. The number of nitrogens with one attached hydrogen (secondary N) is 2. The molecule has 35 heavy (non-hydrogen) atoms. The van der Waals surface area contributed by atoms with Crippen LogP contribution in [0.4, 0.5) is 0 Å². The third-order valence-corrected chi connectivity index (χ3v) is 6.63. The molecule has 0 unspecified atom stereocenters. The van der Waals surface area contributed by atoms with Crippen LogP contribution in [-0.4, -0.2) is 71.0 Å². The molecular formula is C26H32N6O3. The molecule has 0 radical (unpaired) electrons. The van der Waals surface area contributed by atoms with Gasteiger partial charge in [0.05, 0.1) is 5.41 Å². The van der Waals surface area contributed by atoms with Crippen molar-refractivity contribution in [2.45, 2.75) is 37.6 Å². The van der Waals surface area contributed by atoms with Gasteiger partial charge in [-0.1, -0.05) is 12.1 Å². The molecule has 1 atom stereocenters. The van der Waals surface area contributed by atoms with Crippen molar-refractivity contribution < 1.29 is 9.59 Å². The number of benzene rings is 2. The second kappa shape index (κ2) is 9.14. The molecule has 9 heteroatoms. The number of nitrogens with zero attached hydrogens (tertiary/aromatic N) is 3. The molecule has 0 spiro atoms. The number of H-pyrrole nitrogens is 2. The van der Waals surface area contributed by atoms with Crippen molar-refractivity contribution in [1.82, 2.24) is 25.0 Å². The molecular weight excluding hydrogens is 444 g/mol. The topological polar surface area (TPSA) is 128 Å². The fourth-order valence-corrected chi connectivity index (χ4v) is 5.16. The van der Waals surface area contributed by atoms with Gasteiger partial charge in [0.2, 0.25) is 0 Å². The number of aromatic amines is 2. The molecule has 0 aliphatic heterocycles. The number of amides is 2. The molecule has 3 aromatic rings. The van der Waals surface area contributed by atoms with Crippen molar-refractivity contribution in [3.63, 3.8) is 0 Å². The van der Waals surface area contributed by atoms with Gasteiger partial charge >= 0.3 is 5.69 Å². The average molecular weight is 477 g/mol. The molecule has 0 saturated heterocycles. The van der Waals surface area contributed by atoms with Crippen molar-refractivity contribution >= 4 is 11.8 Å². The number of aryl methyl sites for hydroxylation is 2. The lowest BCUT2D eigenvalue weighted by molar-refractivity contribution is 0.0820. The van der Waals surface area contributed by atoms with Gasteiger partial charge in [0, 0.05) is 45.4 Å². The Morgan fingerprint density at radius 1 is 0.971 bits per heavy atom. The van der Waals surface area contributed by atoms with Gasteiger partial charge in [-0.25, -0.2) is 9.89 Å². The van der Waals surface area contributed by atoms with Crippen LogP contribution in [0.5, 0.6) is 0 Å². The van der Waals surface area contributed by atoms with Crippen molar-refractivity contribution in [2.75, 3.05) is 28.2 Å². The lowest BCUT2D eigenvalue weighted by atomic mass is 9.68. The predicted octanol–water partition coefficient (Wildman–Crippen LogP) is 1.67. The first-order valence-corrected chi connectivity index (χ1v) is 11.7. The number of carbonyl (C=O) groups excluding carboxylic acids is 2. The van der Waals surface area contributed by atoms with Gasteiger partial charge in [0.15, 0.2) is 0 Å². The molecule has 0 saturated carbocycles. The fraction of sp³-hybridized carbons (Fsp3) is 0.385. The standard InChI is InChI=1S/C26H32N6O3/c1-15(27)14-26(24-28-25(35)30-29-24)20-10-8-18(22(33)31(2)3)12-16(20)6-7-17-13-19(9-11-21(17)26)23(34)32(4)5/h8-13,15H,6-7,14,27H2,1-5H3,(H2,28,29,30,35)/t15-/m0/s1. The van der Waals surface area contributed by atoms with Gasteiger partial charge < -0.3 is 15.5 Å². The molecule has 4 rings (SSSR count). The molecule has 4 N–H and O–H groups in total. The lowest BCUT2D eigenvalue weighted by Crippen LogP contribution is -2.38. The van der Waals surface area contributed by atoms with E-state index in [4.69, 9.17) is 5.73 Å². The van der Waals surface area contributed by atoms with Crippen LogP contribution in [0.15, 0.2) is 41.2 Å². The number of hydrogen-bond donors (Lipinski definition) is 3. The molecule has 9 nitrogen and oxygen atoms in total. The number of nitrogens with two attached hydrogens (primary N) is 1. The lowest BCUT2D eigenvalue weighted by Gasteiger charge is -2.36. The van der Waals surface area contributed by atoms with E-state index in [1.165, 1.54) is 0 Å². The van der Waals surface area contributed by atoms with Crippen molar-refractivity contribution in [3.05, 3.63) is 86.1 Å². The van der Waals surface area contributed by atoms with Crippen LogP contribution in [0.2, 0.25) is 0 Å². The van der Waals surface area contributed by atoms with Gasteiger partial charge in [0.1, 0.15) is 5.82 Å². The van der Waals surface area contributed by atoms with Crippen LogP contribution in [-0.2, 0) is 18.3 Å². The smallest absolute Gasteiger partial charge is 0.340 e. The Morgan fingerprint density at radius 2 is 1.46 bits per heavy atom. The summed E-state index contributed by atoms with van der Waals surface area (Å²) in [6.45, 7) is 1.92. The SMILES string of the molecule is C[C@H](N)CC1(c2n[nH]c(=O)[nH]2)c2ccc(C(=O)N(C)C)cc2CCc2cc(C(=O)N(C)C)ccc21. The van der Waals surface area contributed by atoms with E-state index in [0.29, 0.717) is 36.2 Å². The van der Waals surface area contributed by atoms with E-state index in [-0.39, 0.29) is 17.9 Å². The highest BCUT2D eigenvalue weighted by Gasteiger charge is 2.44. The van der Waals surface area contributed by atoms with Crippen molar-refractivity contribution in [2.24, 2.45) is 5.73 Å². The highest BCUT2D eigenvalue weighted by Crippen LogP contribution is 2.46. The molecule has 2 aromatic carbocycles. The minimum atomic E-state index is -0.867. The first kappa shape index (κ1) is 24.4. The Morgan fingerprint density at radius 3 is 1.83 bits per heavy atom. The van der Waals surface area contributed by atoms with Gasteiger partial charge in [-0.15, -0.1) is 0 Å². The Hall–Kier alpha value is -3.72. The predicted molar refractivity (Wildman–Crippen MR) is 134 cm³/mol. The average Bonchev–Trinajstić information content (AvgIpc) is 3.21. The molecule has 2 amide bonds. The Bertz CT molecular complexity index is 1260. The minimum Gasteiger partial charge on any atom is -0.345 e. The summed E-state index contributed by atoms with van der Waals surface area (Å²) in [7, 11) is 6.90. The zero-order valence-corrected chi connectivity index (χ0v) is 20.8. The van der Waals surface area contributed by atoms with E-state index in [2.05, 4.69) is 15.2 Å². The summed E-state index contributed by atoms with van der Waals surface area (Å²) >= 11 is 0. The van der Waals surface area contributed by atoms with E-state index in [1.807, 2.05) is 43.3 Å². The maximum absolute atomic E-state index is 12.7. The maximum Gasteiger partial charge on any atom is 0.340 e. The Balaban J connectivity index is 2.03. The van der Waals surface area contributed by atoms with Crippen LogP contribution in [0.1, 0.15) is 62.1 Å². The van der Waals surface area contributed by atoms with E-state index in [1.54, 1.807) is 38.0 Å². The molecule has 1 aliphatic carbocycles. The van der Waals surface area contributed by atoms with Gasteiger partial charge in [-0.05, 0) is 72.7 Å². The molecule has 0 bridgehead atoms. The second-order valence-electron chi connectivity index (χ2n) is 9.76. The Kier molecular flexibility index (Phi) is 6.38. The summed E-state index contributed by atoms with van der Waals surface area (Å²) < 4.78 is 0. The summed E-state index contributed by atoms with van der Waals surface area (Å²) in [4.78, 5) is 43.6. The number of rotatable bonds is 5. The van der Waals surface area contributed by atoms with Crippen LogP contribution in [0, 0.1) is 0 Å². The summed E-state index contributed by atoms with van der Waals surface area (Å²) in [5, 5.41) is 6.89. The third-order valence-electron chi connectivity index (χ3n) is 6.63. The normalized spacial score (nSPS) is 14.9. The summed E-state index contributed by atoms with van der Waals surface area (Å²) in [6.07, 6.45) is 1.79. The maximum atomic E-state index is 12.7. The fourth-order valence-electron chi connectivity index (χ4n) is 5.16. The second-order valence-corrected chi connectivity index (χ2v) is 9.76.